The molecule has 1 fully saturated rings. The van der Waals surface area contributed by atoms with E-state index >= 15 is 0 Å². The van der Waals surface area contributed by atoms with Crippen LogP contribution in [0.4, 0.5) is 8.78 Å². The predicted octanol–water partition coefficient (Wildman–Crippen LogP) is 3.17. The second kappa shape index (κ2) is 6.74. The highest BCUT2D eigenvalue weighted by Crippen LogP contribution is 2.33. The highest BCUT2D eigenvalue weighted by Gasteiger charge is 2.27. The van der Waals surface area contributed by atoms with Crippen molar-refractivity contribution in [1.82, 2.24) is 4.90 Å². The first-order valence-electron chi connectivity index (χ1n) is 6.94. The number of benzene rings is 1. The molecule has 1 atom stereocenters. The van der Waals surface area contributed by atoms with Gasteiger partial charge in [-0.15, -0.1) is 0 Å². The first kappa shape index (κ1) is 15.5. The third-order valence-electron chi connectivity index (χ3n) is 3.58. The summed E-state index contributed by atoms with van der Waals surface area (Å²) in [6.07, 6.45) is 1.99. The average molecular weight is 299 g/mol. The zero-order valence-corrected chi connectivity index (χ0v) is 12.1. The molecule has 0 saturated carbocycles. The van der Waals surface area contributed by atoms with E-state index in [-0.39, 0.29) is 23.0 Å². The summed E-state index contributed by atoms with van der Waals surface area (Å²) in [4.78, 5) is 14.2. The highest BCUT2D eigenvalue weighted by molar-refractivity contribution is 5.97. The van der Waals surface area contributed by atoms with Crippen molar-refractivity contribution in [2.75, 3.05) is 20.2 Å². The summed E-state index contributed by atoms with van der Waals surface area (Å²) in [5.74, 6) is 0.0494. The van der Waals surface area contributed by atoms with Crippen LogP contribution in [-0.2, 0) is 0 Å². The van der Waals surface area contributed by atoms with Crippen LogP contribution < -0.4 is 9.47 Å². The molecule has 1 amide bonds. The number of alkyl halides is 2. The molecule has 0 radical (unpaired) electrons. The fraction of sp³-hybridized carbons (Fsp3) is 0.533. The molecule has 4 nitrogen and oxygen atoms in total. The molecule has 2 rings (SSSR count). The molecule has 1 aromatic rings. The summed E-state index contributed by atoms with van der Waals surface area (Å²) in [6.45, 7) is 0.327. The van der Waals surface area contributed by atoms with Gasteiger partial charge in [0.1, 0.15) is 0 Å². The Hall–Kier alpha value is -1.85. The first-order valence-corrected chi connectivity index (χ1v) is 6.94. The Morgan fingerprint density at radius 1 is 1.43 bits per heavy atom. The summed E-state index contributed by atoms with van der Waals surface area (Å²) >= 11 is 0. The van der Waals surface area contributed by atoms with E-state index in [4.69, 9.17) is 4.74 Å². The Morgan fingerprint density at radius 2 is 2.19 bits per heavy atom. The lowest BCUT2D eigenvalue weighted by Gasteiger charge is -2.31. The quantitative estimate of drug-likeness (QED) is 0.857. The standard InChI is InChI=1S/C15H19F2NO3/c1-10-5-4-8-18(9-10)14(19)11-6-3-7-12(20-2)13(11)21-15(16)17/h3,6-7,10,15H,4-5,8-9H2,1-2H3. The van der Waals surface area contributed by atoms with Crippen molar-refractivity contribution in [3.05, 3.63) is 23.8 Å². The predicted molar refractivity (Wildman–Crippen MR) is 73.9 cm³/mol. The van der Waals surface area contributed by atoms with Crippen LogP contribution in [0, 0.1) is 5.92 Å². The molecule has 1 aliphatic heterocycles. The van der Waals surface area contributed by atoms with Gasteiger partial charge in [-0.25, -0.2) is 0 Å². The lowest BCUT2D eigenvalue weighted by molar-refractivity contribution is -0.0517. The average Bonchev–Trinajstić information content (AvgIpc) is 2.46. The van der Waals surface area contributed by atoms with E-state index in [2.05, 4.69) is 11.7 Å². The van der Waals surface area contributed by atoms with Crippen LogP contribution in [0.25, 0.3) is 0 Å². The molecular formula is C15H19F2NO3. The second-order valence-electron chi connectivity index (χ2n) is 5.21. The lowest BCUT2D eigenvalue weighted by atomic mass is 9.99. The minimum absolute atomic E-state index is 0.115. The number of amides is 1. The maximum Gasteiger partial charge on any atom is 0.387 e. The van der Waals surface area contributed by atoms with Crippen LogP contribution in [0.1, 0.15) is 30.1 Å². The summed E-state index contributed by atoms with van der Waals surface area (Å²) in [6, 6.07) is 4.58. The molecule has 21 heavy (non-hydrogen) atoms. The third kappa shape index (κ3) is 3.62. The largest absolute Gasteiger partial charge is 0.493 e. The van der Waals surface area contributed by atoms with Gasteiger partial charge in [0.05, 0.1) is 12.7 Å². The van der Waals surface area contributed by atoms with Crippen LogP contribution in [0.2, 0.25) is 0 Å². The van der Waals surface area contributed by atoms with E-state index in [9.17, 15) is 13.6 Å². The minimum Gasteiger partial charge on any atom is -0.493 e. The molecule has 0 N–H and O–H groups in total. The number of hydrogen-bond donors (Lipinski definition) is 0. The van der Waals surface area contributed by atoms with Gasteiger partial charge < -0.3 is 14.4 Å². The van der Waals surface area contributed by atoms with Crippen molar-refractivity contribution in [1.29, 1.82) is 0 Å². The molecule has 0 aliphatic carbocycles. The van der Waals surface area contributed by atoms with E-state index < -0.39 is 6.61 Å². The Bertz CT molecular complexity index is 508. The Balaban J connectivity index is 2.31. The lowest BCUT2D eigenvalue weighted by Crippen LogP contribution is -2.39. The minimum atomic E-state index is -3.01. The number of piperidine rings is 1. The number of carbonyl (C=O) groups is 1. The number of para-hydroxylation sites is 1. The van der Waals surface area contributed by atoms with Crippen molar-refractivity contribution < 1.29 is 23.0 Å². The Morgan fingerprint density at radius 3 is 2.81 bits per heavy atom. The van der Waals surface area contributed by atoms with Crippen LogP contribution in [0.15, 0.2) is 18.2 Å². The Kier molecular flexibility index (Phi) is 4.98. The first-order chi connectivity index (χ1) is 10.0. The molecule has 6 heteroatoms. The molecule has 1 aliphatic rings. The van der Waals surface area contributed by atoms with Crippen molar-refractivity contribution in [3.63, 3.8) is 0 Å². The van der Waals surface area contributed by atoms with Gasteiger partial charge in [0.2, 0.25) is 0 Å². The summed E-state index contributed by atoms with van der Waals surface area (Å²) in [7, 11) is 1.35. The number of rotatable bonds is 4. The summed E-state index contributed by atoms with van der Waals surface area (Å²) in [5.41, 5.74) is 0.115. The van der Waals surface area contributed by atoms with Crippen LogP contribution >= 0.6 is 0 Å². The van der Waals surface area contributed by atoms with Gasteiger partial charge in [-0.3, -0.25) is 4.79 Å². The molecule has 0 aromatic heterocycles. The third-order valence-corrected chi connectivity index (χ3v) is 3.58. The molecule has 116 valence electrons. The normalized spacial score (nSPS) is 18.7. The van der Waals surface area contributed by atoms with E-state index in [1.807, 2.05) is 0 Å². The SMILES string of the molecule is COc1cccc(C(=O)N2CCCC(C)C2)c1OC(F)F. The number of hydrogen-bond acceptors (Lipinski definition) is 3. The van der Waals surface area contributed by atoms with Gasteiger partial charge >= 0.3 is 6.61 Å². The molecule has 1 unspecified atom stereocenters. The molecule has 1 aromatic carbocycles. The number of methoxy groups -OCH3 is 1. The molecule has 0 bridgehead atoms. The zero-order valence-electron chi connectivity index (χ0n) is 12.1. The smallest absolute Gasteiger partial charge is 0.387 e. The molecular weight excluding hydrogens is 280 g/mol. The van der Waals surface area contributed by atoms with Gasteiger partial charge in [0.25, 0.3) is 5.91 Å². The second-order valence-corrected chi connectivity index (χ2v) is 5.21. The van der Waals surface area contributed by atoms with Crippen molar-refractivity contribution in [3.8, 4) is 11.5 Å². The van der Waals surface area contributed by atoms with Gasteiger partial charge in [-0.2, -0.15) is 8.78 Å². The Labute approximate surface area is 122 Å². The van der Waals surface area contributed by atoms with Gasteiger partial charge in [0, 0.05) is 13.1 Å². The van der Waals surface area contributed by atoms with E-state index in [1.54, 1.807) is 11.0 Å². The fourth-order valence-electron chi connectivity index (χ4n) is 2.60. The number of nitrogens with zero attached hydrogens (tertiary/aromatic N) is 1. The number of carbonyl (C=O) groups excluding carboxylic acids is 1. The molecule has 1 saturated heterocycles. The molecule has 1 heterocycles. The van der Waals surface area contributed by atoms with E-state index in [1.165, 1.54) is 19.2 Å². The van der Waals surface area contributed by atoms with Crippen LogP contribution in [-0.4, -0.2) is 37.6 Å². The monoisotopic (exact) mass is 299 g/mol. The number of halogens is 2. The van der Waals surface area contributed by atoms with Gasteiger partial charge in [-0.05, 0) is 30.9 Å². The summed E-state index contributed by atoms with van der Waals surface area (Å²) < 4.78 is 34.7. The maximum absolute atomic E-state index is 12.6. The van der Waals surface area contributed by atoms with Crippen molar-refractivity contribution >= 4 is 5.91 Å². The number of likely N-dealkylation sites (tertiary alicyclic amines) is 1. The fourth-order valence-corrected chi connectivity index (χ4v) is 2.60. The van der Waals surface area contributed by atoms with E-state index in [0.29, 0.717) is 19.0 Å². The molecule has 0 spiro atoms. The van der Waals surface area contributed by atoms with Crippen LogP contribution in [0.3, 0.4) is 0 Å². The van der Waals surface area contributed by atoms with Gasteiger partial charge in [0.15, 0.2) is 11.5 Å². The highest BCUT2D eigenvalue weighted by atomic mass is 19.3. The maximum atomic E-state index is 12.6. The summed E-state index contributed by atoms with van der Waals surface area (Å²) in [5, 5.41) is 0. The van der Waals surface area contributed by atoms with Crippen molar-refractivity contribution in [2.45, 2.75) is 26.4 Å². The van der Waals surface area contributed by atoms with E-state index in [0.717, 1.165) is 12.8 Å². The van der Waals surface area contributed by atoms with Crippen molar-refractivity contribution in [2.24, 2.45) is 5.92 Å². The zero-order chi connectivity index (χ0) is 15.4. The topological polar surface area (TPSA) is 38.8 Å². The number of ether oxygens (including phenoxy) is 2. The van der Waals surface area contributed by atoms with Gasteiger partial charge in [-0.1, -0.05) is 13.0 Å². The van der Waals surface area contributed by atoms with Crippen LogP contribution in [0.5, 0.6) is 11.5 Å².